The van der Waals surface area contributed by atoms with Crippen molar-refractivity contribution in [2.45, 2.75) is 45.5 Å². The zero-order valence-corrected chi connectivity index (χ0v) is 11.8. The van der Waals surface area contributed by atoms with E-state index in [4.69, 9.17) is 25.2 Å². The van der Waals surface area contributed by atoms with Crippen LogP contribution >= 0.6 is 0 Å². The summed E-state index contributed by atoms with van der Waals surface area (Å²) in [5.74, 6) is 0.663. The average Bonchev–Trinajstić information content (AvgIpc) is 2.83. The van der Waals surface area contributed by atoms with E-state index in [1.165, 1.54) is 0 Å². The van der Waals surface area contributed by atoms with Gasteiger partial charge in [-0.05, 0) is 18.2 Å². The van der Waals surface area contributed by atoms with Crippen LogP contribution in [0.2, 0.25) is 0 Å². The molecule has 2 heterocycles. The lowest BCUT2D eigenvalue weighted by Gasteiger charge is -2.31. The summed E-state index contributed by atoms with van der Waals surface area (Å²) in [6.07, 6.45) is -1.19. The van der Waals surface area contributed by atoms with Crippen molar-refractivity contribution in [2.75, 3.05) is 0 Å². The van der Waals surface area contributed by atoms with Crippen LogP contribution in [0.15, 0.2) is 18.2 Å². The van der Waals surface area contributed by atoms with Crippen molar-refractivity contribution in [1.82, 2.24) is 0 Å². The van der Waals surface area contributed by atoms with Gasteiger partial charge in [-0.1, -0.05) is 20.8 Å². The first-order valence-corrected chi connectivity index (χ1v) is 6.67. The molecule has 0 aromatic heterocycles. The summed E-state index contributed by atoms with van der Waals surface area (Å²) >= 11 is 0. The van der Waals surface area contributed by atoms with Gasteiger partial charge in [-0.2, -0.15) is 5.26 Å². The van der Waals surface area contributed by atoms with Crippen molar-refractivity contribution in [1.29, 1.82) is 5.26 Å². The second kappa shape index (κ2) is 4.45. The van der Waals surface area contributed by atoms with Crippen LogP contribution in [0.5, 0.6) is 5.75 Å². The third kappa shape index (κ3) is 2.06. The van der Waals surface area contributed by atoms with E-state index in [1.807, 2.05) is 20.8 Å². The van der Waals surface area contributed by atoms with E-state index in [1.54, 1.807) is 18.2 Å². The van der Waals surface area contributed by atoms with Gasteiger partial charge in [0.15, 0.2) is 6.29 Å². The van der Waals surface area contributed by atoms with E-state index in [9.17, 15) is 0 Å². The van der Waals surface area contributed by atoms with E-state index in [0.717, 1.165) is 5.56 Å². The monoisotopic (exact) mass is 274 g/mol. The number of nitrogens with two attached hydrogens (primary N) is 1. The molecule has 2 aliphatic heterocycles. The summed E-state index contributed by atoms with van der Waals surface area (Å²) < 4.78 is 17.6. The van der Waals surface area contributed by atoms with Gasteiger partial charge in [0.2, 0.25) is 6.29 Å². The fourth-order valence-corrected chi connectivity index (χ4v) is 2.48. The van der Waals surface area contributed by atoms with Crippen LogP contribution < -0.4 is 10.5 Å². The Hall–Kier alpha value is -1.61. The maximum absolute atomic E-state index is 8.97. The molecular formula is C15H18N2O3. The second-order valence-electron chi connectivity index (χ2n) is 6.31. The minimum absolute atomic E-state index is 0.148. The molecule has 1 saturated heterocycles. The molecule has 0 radical (unpaired) electrons. The number of fused-ring (bicyclic) bond motifs is 2. The van der Waals surface area contributed by atoms with Gasteiger partial charge in [-0.25, -0.2) is 0 Å². The second-order valence-corrected chi connectivity index (χ2v) is 6.31. The predicted octanol–water partition coefficient (Wildman–Crippen LogP) is 2.06. The lowest BCUT2D eigenvalue weighted by atomic mass is 9.95. The van der Waals surface area contributed by atoms with E-state index >= 15 is 0 Å². The topological polar surface area (TPSA) is 77.5 Å². The molecular weight excluding hydrogens is 256 g/mol. The van der Waals surface area contributed by atoms with Crippen LogP contribution in [0.4, 0.5) is 0 Å². The van der Waals surface area contributed by atoms with Gasteiger partial charge in [-0.3, -0.25) is 0 Å². The molecule has 20 heavy (non-hydrogen) atoms. The molecule has 2 N–H and O–H groups in total. The fraction of sp³-hybridized carbons (Fsp3) is 0.533. The first-order valence-electron chi connectivity index (χ1n) is 6.67. The summed E-state index contributed by atoms with van der Waals surface area (Å²) in [5.41, 5.74) is 7.48. The van der Waals surface area contributed by atoms with Crippen LogP contribution in [0, 0.1) is 16.7 Å². The molecule has 4 atom stereocenters. The molecule has 1 fully saturated rings. The molecule has 0 amide bonds. The van der Waals surface area contributed by atoms with Gasteiger partial charge in [-0.15, -0.1) is 0 Å². The Kier molecular flexibility index (Phi) is 2.98. The Balaban J connectivity index is 1.91. The maximum atomic E-state index is 8.97. The van der Waals surface area contributed by atoms with E-state index in [2.05, 4.69) is 6.07 Å². The predicted molar refractivity (Wildman–Crippen MR) is 71.7 cm³/mol. The smallest absolute Gasteiger partial charge is 0.230 e. The highest BCUT2D eigenvalue weighted by Gasteiger charge is 2.49. The minimum atomic E-state index is -0.491. The highest BCUT2D eigenvalue weighted by molar-refractivity contribution is 5.45. The van der Waals surface area contributed by atoms with Crippen molar-refractivity contribution in [3.05, 3.63) is 29.3 Å². The standard InChI is InChI=1S/C15H18N2O3/c1-15(2,3)14-19-12-11(17)9-6-8(7-16)4-5-10(9)18-13(12)20-14/h4-6,11-14H,17H2,1-3H3. The first-order chi connectivity index (χ1) is 9.40. The quantitative estimate of drug-likeness (QED) is 0.783. The summed E-state index contributed by atoms with van der Waals surface area (Å²) in [6, 6.07) is 6.98. The van der Waals surface area contributed by atoms with Gasteiger partial charge in [0.25, 0.3) is 0 Å². The minimum Gasteiger partial charge on any atom is -0.462 e. The molecule has 1 aromatic carbocycles. The van der Waals surface area contributed by atoms with Gasteiger partial charge in [0, 0.05) is 11.0 Å². The number of benzene rings is 1. The number of ether oxygens (including phenoxy) is 3. The van der Waals surface area contributed by atoms with Crippen molar-refractivity contribution >= 4 is 0 Å². The van der Waals surface area contributed by atoms with Gasteiger partial charge < -0.3 is 19.9 Å². The van der Waals surface area contributed by atoms with Crippen molar-refractivity contribution in [3.8, 4) is 11.8 Å². The Morgan fingerprint density at radius 3 is 2.65 bits per heavy atom. The summed E-state index contributed by atoms with van der Waals surface area (Å²) in [6.45, 7) is 6.13. The van der Waals surface area contributed by atoms with E-state index in [-0.39, 0.29) is 23.9 Å². The van der Waals surface area contributed by atoms with Crippen molar-refractivity contribution < 1.29 is 14.2 Å². The Labute approximate surface area is 118 Å². The third-order valence-electron chi connectivity index (χ3n) is 3.61. The van der Waals surface area contributed by atoms with Crippen LogP contribution in [0.3, 0.4) is 0 Å². The Morgan fingerprint density at radius 1 is 1.25 bits per heavy atom. The zero-order chi connectivity index (χ0) is 14.5. The van der Waals surface area contributed by atoms with Crippen LogP contribution in [0.25, 0.3) is 0 Å². The molecule has 0 saturated carbocycles. The molecule has 1 aromatic rings. The fourth-order valence-electron chi connectivity index (χ4n) is 2.48. The van der Waals surface area contributed by atoms with Gasteiger partial charge in [0.05, 0.1) is 17.7 Å². The van der Waals surface area contributed by atoms with Crippen molar-refractivity contribution in [2.24, 2.45) is 11.1 Å². The van der Waals surface area contributed by atoms with Crippen LogP contribution in [0.1, 0.15) is 37.9 Å². The molecule has 106 valence electrons. The molecule has 4 unspecified atom stereocenters. The van der Waals surface area contributed by atoms with Gasteiger partial charge >= 0.3 is 0 Å². The van der Waals surface area contributed by atoms with Gasteiger partial charge in [0.1, 0.15) is 11.9 Å². The van der Waals surface area contributed by atoms with E-state index in [0.29, 0.717) is 11.3 Å². The number of nitrogens with zero attached hydrogens (tertiary/aromatic N) is 1. The lowest BCUT2D eigenvalue weighted by Crippen LogP contribution is -2.41. The Morgan fingerprint density at radius 2 is 2.00 bits per heavy atom. The highest BCUT2D eigenvalue weighted by Crippen LogP contribution is 2.42. The van der Waals surface area contributed by atoms with Crippen LogP contribution in [-0.2, 0) is 9.47 Å². The number of hydrogen-bond donors (Lipinski definition) is 1. The largest absolute Gasteiger partial charge is 0.462 e. The molecule has 2 aliphatic rings. The molecule has 3 rings (SSSR count). The maximum Gasteiger partial charge on any atom is 0.230 e. The molecule has 0 bridgehead atoms. The molecule has 0 aliphatic carbocycles. The third-order valence-corrected chi connectivity index (χ3v) is 3.61. The number of nitriles is 1. The average molecular weight is 274 g/mol. The molecule has 0 spiro atoms. The van der Waals surface area contributed by atoms with E-state index < -0.39 is 6.29 Å². The summed E-state index contributed by atoms with van der Waals surface area (Å²) in [5, 5.41) is 8.97. The summed E-state index contributed by atoms with van der Waals surface area (Å²) in [7, 11) is 0. The van der Waals surface area contributed by atoms with Crippen molar-refractivity contribution in [3.63, 3.8) is 0 Å². The number of hydrogen-bond acceptors (Lipinski definition) is 5. The first kappa shape index (κ1) is 13.4. The Bertz CT molecular complexity index is 573. The molecule has 5 heteroatoms. The lowest BCUT2D eigenvalue weighted by molar-refractivity contribution is -0.153. The zero-order valence-electron chi connectivity index (χ0n) is 11.8. The number of rotatable bonds is 0. The highest BCUT2D eigenvalue weighted by atomic mass is 16.8. The molecule has 5 nitrogen and oxygen atoms in total. The summed E-state index contributed by atoms with van der Waals surface area (Å²) in [4.78, 5) is 0. The SMILES string of the molecule is CC(C)(C)C1OC2Oc3ccc(C#N)cc3C(N)C2O1. The van der Waals surface area contributed by atoms with Crippen LogP contribution in [-0.4, -0.2) is 18.7 Å². The normalized spacial score (nSPS) is 31.9.